The van der Waals surface area contributed by atoms with E-state index in [4.69, 9.17) is 21.1 Å². The van der Waals surface area contributed by atoms with Crippen molar-refractivity contribution in [2.45, 2.75) is 33.1 Å². The van der Waals surface area contributed by atoms with Crippen LogP contribution in [0, 0.1) is 6.92 Å². The third-order valence-corrected chi connectivity index (χ3v) is 6.82. The van der Waals surface area contributed by atoms with Gasteiger partial charge in [-0.2, -0.15) is 0 Å². The minimum atomic E-state index is -0.329. The number of carbonyl (C=O) groups excluding carboxylic acids is 2. The van der Waals surface area contributed by atoms with Gasteiger partial charge in [0.25, 0.3) is 5.91 Å². The predicted octanol–water partition coefficient (Wildman–Crippen LogP) is 5.07. The molecule has 1 unspecified atom stereocenters. The number of amides is 2. The molecule has 1 N–H and O–H groups in total. The number of nitrogens with one attached hydrogen (secondary N) is 1. The van der Waals surface area contributed by atoms with E-state index in [2.05, 4.69) is 15.5 Å². The molecule has 0 radical (unpaired) electrons. The molecule has 0 spiro atoms. The molecule has 1 atom stereocenters. The Labute approximate surface area is 206 Å². The minimum absolute atomic E-state index is 0.00328. The minimum Gasteiger partial charge on any atom is -0.490 e. The number of anilines is 2. The number of rotatable bonds is 8. The van der Waals surface area contributed by atoms with Crippen LogP contribution in [0.4, 0.5) is 10.8 Å². The average Bonchev–Trinajstić information content (AvgIpc) is 3.43. The summed E-state index contributed by atoms with van der Waals surface area (Å²) in [7, 11) is 0. The van der Waals surface area contributed by atoms with Gasteiger partial charge < -0.3 is 14.4 Å². The van der Waals surface area contributed by atoms with Crippen LogP contribution in [0.15, 0.2) is 36.4 Å². The second kappa shape index (κ2) is 10.4. The van der Waals surface area contributed by atoms with Crippen molar-refractivity contribution in [2.75, 3.05) is 30.0 Å². The van der Waals surface area contributed by atoms with Crippen LogP contribution in [0.1, 0.15) is 47.1 Å². The van der Waals surface area contributed by atoms with Gasteiger partial charge in [-0.1, -0.05) is 29.0 Å². The lowest BCUT2D eigenvalue weighted by molar-refractivity contribution is -0.117. The van der Waals surface area contributed by atoms with Crippen molar-refractivity contribution in [3.05, 3.63) is 57.6 Å². The highest BCUT2D eigenvalue weighted by atomic mass is 35.5. The molecule has 1 saturated heterocycles. The maximum absolute atomic E-state index is 12.8. The van der Waals surface area contributed by atoms with Gasteiger partial charge in [-0.3, -0.25) is 14.9 Å². The van der Waals surface area contributed by atoms with Crippen LogP contribution < -0.4 is 19.7 Å². The zero-order valence-corrected chi connectivity index (χ0v) is 20.7. The summed E-state index contributed by atoms with van der Waals surface area (Å²) in [4.78, 5) is 27.1. The van der Waals surface area contributed by atoms with E-state index in [1.807, 2.05) is 32.9 Å². The molecule has 0 aliphatic carbocycles. The predicted molar refractivity (Wildman–Crippen MR) is 133 cm³/mol. The third kappa shape index (κ3) is 5.15. The van der Waals surface area contributed by atoms with Crippen LogP contribution in [-0.4, -0.2) is 41.8 Å². The Kier molecular flexibility index (Phi) is 7.33. The van der Waals surface area contributed by atoms with E-state index in [1.165, 1.54) is 11.3 Å². The monoisotopic (exact) mass is 500 g/mol. The lowest BCUT2D eigenvalue weighted by atomic mass is 10.1. The van der Waals surface area contributed by atoms with E-state index < -0.39 is 0 Å². The molecular weight excluding hydrogens is 476 g/mol. The molecule has 2 aromatic carbocycles. The zero-order chi connectivity index (χ0) is 24.2. The van der Waals surface area contributed by atoms with Gasteiger partial charge in [-0.25, -0.2) is 0 Å². The van der Waals surface area contributed by atoms with Crippen molar-refractivity contribution >= 4 is 45.6 Å². The lowest BCUT2D eigenvalue weighted by Crippen LogP contribution is -2.24. The van der Waals surface area contributed by atoms with Gasteiger partial charge in [0, 0.05) is 35.2 Å². The van der Waals surface area contributed by atoms with Gasteiger partial charge in [0.1, 0.15) is 5.01 Å². The van der Waals surface area contributed by atoms with E-state index in [0.717, 1.165) is 11.3 Å². The Morgan fingerprint density at radius 3 is 2.65 bits per heavy atom. The smallest absolute Gasteiger partial charge is 0.257 e. The summed E-state index contributed by atoms with van der Waals surface area (Å²) in [6.45, 7) is 7.11. The van der Waals surface area contributed by atoms with Crippen molar-refractivity contribution in [1.29, 1.82) is 0 Å². The fourth-order valence-corrected chi connectivity index (χ4v) is 4.69. The normalized spacial score (nSPS) is 15.5. The first-order valence-corrected chi connectivity index (χ1v) is 12.2. The molecule has 178 valence electrons. The Morgan fingerprint density at radius 2 is 1.91 bits per heavy atom. The van der Waals surface area contributed by atoms with Gasteiger partial charge >= 0.3 is 0 Å². The molecule has 34 heavy (non-hydrogen) atoms. The van der Waals surface area contributed by atoms with E-state index in [1.54, 1.807) is 29.2 Å². The van der Waals surface area contributed by atoms with Gasteiger partial charge in [-0.05, 0) is 56.7 Å². The lowest BCUT2D eigenvalue weighted by Gasteiger charge is -2.17. The van der Waals surface area contributed by atoms with Crippen molar-refractivity contribution in [2.24, 2.45) is 0 Å². The van der Waals surface area contributed by atoms with Crippen LogP contribution in [-0.2, 0) is 4.79 Å². The Morgan fingerprint density at radius 1 is 1.15 bits per heavy atom. The number of benzene rings is 2. The maximum Gasteiger partial charge on any atom is 0.257 e. The fourth-order valence-electron chi connectivity index (χ4n) is 3.68. The summed E-state index contributed by atoms with van der Waals surface area (Å²) >= 11 is 7.50. The molecule has 0 saturated carbocycles. The van der Waals surface area contributed by atoms with Gasteiger partial charge in [-0.15, -0.1) is 10.2 Å². The number of aromatic nitrogens is 2. The van der Waals surface area contributed by atoms with Crippen molar-refractivity contribution < 1.29 is 19.1 Å². The summed E-state index contributed by atoms with van der Waals surface area (Å²) in [5, 5.41) is 12.8. The van der Waals surface area contributed by atoms with Gasteiger partial charge in [0.2, 0.25) is 11.0 Å². The SMILES string of the molecule is CCOc1ccc(C(=O)Nc2nnc(C3CC(=O)N(c4ccc(C)c(Cl)c4)C3)s2)cc1OCC. The summed E-state index contributed by atoms with van der Waals surface area (Å²) < 4.78 is 11.1. The topological polar surface area (TPSA) is 93.7 Å². The van der Waals surface area contributed by atoms with E-state index >= 15 is 0 Å². The second-order valence-electron chi connectivity index (χ2n) is 7.77. The van der Waals surface area contributed by atoms with Gasteiger partial charge in [0.05, 0.1) is 13.2 Å². The molecule has 1 aliphatic rings. The van der Waals surface area contributed by atoms with Crippen LogP contribution in [0.3, 0.4) is 0 Å². The van der Waals surface area contributed by atoms with Crippen molar-refractivity contribution in [3.8, 4) is 11.5 Å². The Bertz CT molecular complexity index is 1220. The first-order chi connectivity index (χ1) is 16.4. The highest BCUT2D eigenvalue weighted by Gasteiger charge is 2.34. The molecule has 1 fully saturated rings. The highest BCUT2D eigenvalue weighted by Crippen LogP contribution is 2.36. The number of hydrogen-bond donors (Lipinski definition) is 1. The zero-order valence-electron chi connectivity index (χ0n) is 19.1. The first kappa shape index (κ1) is 24.0. The quantitative estimate of drug-likeness (QED) is 0.464. The molecule has 1 aromatic heterocycles. The highest BCUT2D eigenvalue weighted by molar-refractivity contribution is 7.15. The molecule has 3 aromatic rings. The van der Waals surface area contributed by atoms with Crippen LogP contribution >= 0.6 is 22.9 Å². The number of nitrogens with zero attached hydrogens (tertiary/aromatic N) is 3. The summed E-state index contributed by atoms with van der Waals surface area (Å²) in [6.07, 6.45) is 0.324. The fraction of sp³-hybridized carbons (Fsp3) is 0.333. The standard InChI is InChI=1S/C24H25ClN4O4S/c1-4-32-19-9-7-15(10-20(19)33-5-2)22(31)26-24-28-27-23(34-24)16-11-21(30)29(13-16)17-8-6-14(3)18(25)12-17/h6-10,12,16H,4-5,11,13H2,1-3H3,(H,26,28,31). The van der Waals surface area contributed by atoms with Crippen LogP contribution in [0.25, 0.3) is 0 Å². The first-order valence-electron chi connectivity index (χ1n) is 11.0. The van der Waals surface area contributed by atoms with Crippen molar-refractivity contribution in [1.82, 2.24) is 10.2 Å². The van der Waals surface area contributed by atoms with Crippen LogP contribution in [0.2, 0.25) is 5.02 Å². The van der Waals surface area contributed by atoms with Crippen molar-refractivity contribution in [3.63, 3.8) is 0 Å². The molecule has 2 amide bonds. The van der Waals surface area contributed by atoms with E-state index in [-0.39, 0.29) is 17.7 Å². The second-order valence-corrected chi connectivity index (χ2v) is 9.18. The Hall–Kier alpha value is -3.17. The number of hydrogen-bond acceptors (Lipinski definition) is 7. The third-order valence-electron chi connectivity index (χ3n) is 5.41. The molecule has 0 bridgehead atoms. The molecule has 10 heteroatoms. The number of aryl methyl sites for hydroxylation is 1. The largest absolute Gasteiger partial charge is 0.490 e. The number of halogens is 1. The summed E-state index contributed by atoms with van der Waals surface area (Å²) in [5.74, 6) is 0.666. The average molecular weight is 501 g/mol. The van der Waals surface area contributed by atoms with Gasteiger partial charge in [0.15, 0.2) is 11.5 Å². The molecular formula is C24H25ClN4O4S. The molecule has 8 nitrogen and oxygen atoms in total. The Balaban J connectivity index is 1.44. The number of ether oxygens (including phenoxy) is 2. The molecule has 1 aliphatic heterocycles. The molecule has 4 rings (SSSR count). The van der Waals surface area contributed by atoms with E-state index in [9.17, 15) is 9.59 Å². The summed E-state index contributed by atoms with van der Waals surface area (Å²) in [5.41, 5.74) is 2.14. The maximum atomic E-state index is 12.8. The summed E-state index contributed by atoms with van der Waals surface area (Å²) in [6, 6.07) is 10.6. The van der Waals surface area contributed by atoms with E-state index in [0.29, 0.717) is 58.4 Å². The molecule has 2 heterocycles. The number of carbonyl (C=O) groups is 2. The van der Waals surface area contributed by atoms with Crippen LogP contribution in [0.5, 0.6) is 11.5 Å².